The Morgan fingerprint density at radius 3 is 1.92 bits per heavy atom. The fraction of sp³-hybridized carbons (Fsp3) is 0. The molecule has 0 spiro atoms. The summed E-state index contributed by atoms with van der Waals surface area (Å²) in [6.07, 6.45) is 0. The van der Waals surface area contributed by atoms with E-state index in [0.29, 0.717) is 0 Å². The minimum atomic E-state index is -3.67. The van der Waals surface area contributed by atoms with Crippen LogP contribution >= 0.6 is 11.6 Å². The summed E-state index contributed by atoms with van der Waals surface area (Å²) < 4.78 is 29.0. The van der Waals surface area contributed by atoms with Crippen LogP contribution in [0.5, 0.6) is 0 Å². The Balaban J connectivity index is 0. The van der Waals surface area contributed by atoms with E-state index in [0.717, 1.165) is 10.6 Å². The van der Waals surface area contributed by atoms with Crippen LogP contribution in [-0.2, 0) is 0 Å². The summed E-state index contributed by atoms with van der Waals surface area (Å²) in [5.41, 5.74) is 0.956. The van der Waals surface area contributed by atoms with Gasteiger partial charge in [-0.3, -0.25) is 12.9 Å². The van der Waals surface area contributed by atoms with Gasteiger partial charge in [-0.2, -0.15) is 18.6 Å². The first-order chi connectivity index (χ1) is 5.52. The second kappa shape index (κ2) is 9.43. The van der Waals surface area contributed by atoms with Crippen molar-refractivity contribution in [1.29, 1.82) is 0 Å². The molecule has 0 aliphatic rings. The van der Waals surface area contributed by atoms with Gasteiger partial charge in [-0.1, -0.05) is 17.7 Å². The maximum atomic E-state index is 9.67. The normalized spacial score (nSPS) is 7.69. The van der Waals surface area contributed by atoms with E-state index in [2.05, 4.69) is 6.92 Å². The van der Waals surface area contributed by atoms with Crippen molar-refractivity contribution in [3.8, 4) is 0 Å². The van der Waals surface area contributed by atoms with Crippen LogP contribution in [0.25, 0.3) is 0 Å². The maximum absolute atomic E-state index is 9.67. The molecule has 13 heavy (non-hydrogen) atoms. The van der Waals surface area contributed by atoms with Crippen molar-refractivity contribution in [2.75, 3.05) is 0 Å². The number of rotatable bonds is 0. The maximum Gasteiger partial charge on any atom is 1.00 e. The molecule has 0 amide bonds. The molecule has 0 bridgehead atoms. The summed E-state index contributed by atoms with van der Waals surface area (Å²) in [6.45, 7) is 3.70. The van der Waals surface area contributed by atoms with Gasteiger partial charge in [0.15, 0.2) is 0 Å². The van der Waals surface area contributed by atoms with Gasteiger partial charge in [-0.25, -0.2) is 0 Å². The van der Waals surface area contributed by atoms with E-state index in [1.54, 1.807) is 0 Å². The average Bonchev–Trinajstić information content (AvgIpc) is 1.84. The molecule has 0 N–H and O–H groups in total. The van der Waals surface area contributed by atoms with Gasteiger partial charge in [-0.15, -0.1) is 12.1 Å². The van der Waals surface area contributed by atoms with Crippen LogP contribution in [0.3, 0.4) is 0 Å². The molecule has 0 aliphatic heterocycles. The van der Waals surface area contributed by atoms with Crippen molar-refractivity contribution in [2.45, 2.75) is 0 Å². The van der Waals surface area contributed by atoms with Gasteiger partial charge in [0.1, 0.15) is 0 Å². The largest absolute Gasteiger partial charge is 1.00 e. The number of hydrogen-bond donors (Lipinski definition) is 0. The molecule has 0 radical (unpaired) electrons. The van der Waals surface area contributed by atoms with Gasteiger partial charge in [0.25, 0.3) is 0 Å². The van der Waals surface area contributed by atoms with Crippen molar-refractivity contribution >= 4 is 19.1 Å². The minimum absolute atomic E-state index is 0. The molecular weight excluding hydrogens is 226 g/mol. The molecule has 1 aromatic carbocycles. The van der Waals surface area contributed by atoms with E-state index < -0.39 is 7.54 Å². The van der Waals surface area contributed by atoms with Gasteiger partial charge in [0.05, 0.1) is 0 Å². The molecule has 0 unspecified atom stereocenters. The van der Waals surface area contributed by atoms with E-state index >= 15 is 0 Å². The SMILES string of the molecule is FB(F)F.[CH2-]c1cccc(Cl)c1.[K+]. The fourth-order valence-electron chi connectivity index (χ4n) is 0.537. The molecule has 1 aromatic rings. The van der Waals surface area contributed by atoms with Crippen LogP contribution in [0.2, 0.25) is 5.02 Å². The third-order valence-corrected chi connectivity index (χ3v) is 1.12. The van der Waals surface area contributed by atoms with Crippen molar-refractivity contribution in [3.05, 3.63) is 41.8 Å². The minimum Gasteiger partial charge on any atom is -0.254 e. The molecule has 0 nitrogen and oxygen atoms in total. The first kappa shape index (κ1) is 16.3. The molecule has 0 saturated carbocycles. The van der Waals surface area contributed by atoms with Crippen LogP contribution < -0.4 is 51.4 Å². The van der Waals surface area contributed by atoms with Crippen LogP contribution in [0.15, 0.2) is 24.3 Å². The van der Waals surface area contributed by atoms with Gasteiger partial charge in [0, 0.05) is 0 Å². The zero-order valence-corrected chi connectivity index (χ0v) is 11.0. The Morgan fingerprint density at radius 2 is 1.69 bits per heavy atom. The van der Waals surface area contributed by atoms with E-state index in [4.69, 9.17) is 11.6 Å². The van der Waals surface area contributed by atoms with Crippen molar-refractivity contribution in [2.24, 2.45) is 0 Å². The molecule has 0 aliphatic carbocycles. The second-order valence-corrected chi connectivity index (χ2v) is 2.31. The van der Waals surface area contributed by atoms with Crippen molar-refractivity contribution in [3.63, 3.8) is 0 Å². The molecule has 0 aromatic heterocycles. The van der Waals surface area contributed by atoms with E-state index in [1.165, 1.54) is 0 Å². The van der Waals surface area contributed by atoms with Crippen molar-refractivity contribution in [1.82, 2.24) is 0 Å². The summed E-state index contributed by atoms with van der Waals surface area (Å²) in [4.78, 5) is 0. The van der Waals surface area contributed by atoms with Gasteiger partial charge in [0.2, 0.25) is 0 Å². The molecule has 0 atom stereocenters. The molecule has 1 rings (SSSR count). The van der Waals surface area contributed by atoms with Gasteiger partial charge < -0.3 is 0 Å². The van der Waals surface area contributed by atoms with Crippen LogP contribution in [0.4, 0.5) is 12.9 Å². The van der Waals surface area contributed by atoms with E-state index in [9.17, 15) is 12.9 Å². The molecule has 6 heteroatoms. The molecule has 66 valence electrons. The second-order valence-electron chi connectivity index (χ2n) is 1.88. The van der Waals surface area contributed by atoms with Gasteiger partial charge >= 0.3 is 58.9 Å². The fourth-order valence-corrected chi connectivity index (χ4v) is 0.750. The molecule has 0 saturated heterocycles. The number of hydrogen-bond acceptors (Lipinski definition) is 0. The summed E-state index contributed by atoms with van der Waals surface area (Å²) in [5.74, 6) is 0. The number of halogens is 4. The van der Waals surface area contributed by atoms with Crippen LogP contribution in [0.1, 0.15) is 5.56 Å². The first-order valence-electron chi connectivity index (χ1n) is 3.02. The smallest absolute Gasteiger partial charge is 0.254 e. The summed E-state index contributed by atoms with van der Waals surface area (Å²) in [7, 11) is -3.67. The van der Waals surface area contributed by atoms with E-state index in [-0.39, 0.29) is 51.4 Å². The molecule has 0 heterocycles. The summed E-state index contributed by atoms with van der Waals surface area (Å²) >= 11 is 5.60. The van der Waals surface area contributed by atoms with Crippen molar-refractivity contribution < 1.29 is 64.3 Å². The Labute approximate surface area is 123 Å². The van der Waals surface area contributed by atoms with Gasteiger partial charge in [-0.05, 0) is 5.02 Å². The zero-order chi connectivity index (χ0) is 9.56. The topological polar surface area (TPSA) is 0 Å². The predicted molar refractivity (Wildman–Crippen MR) is 45.0 cm³/mol. The summed E-state index contributed by atoms with van der Waals surface area (Å²) in [5, 5.41) is 0.748. The molecule has 0 fully saturated rings. The average molecular weight is 232 g/mol. The Morgan fingerprint density at radius 1 is 1.23 bits per heavy atom. The molecular formula is C7H6BClF3K. The quantitative estimate of drug-likeness (QED) is 0.449. The van der Waals surface area contributed by atoms with Crippen LogP contribution in [-0.4, -0.2) is 7.54 Å². The zero-order valence-electron chi connectivity index (χ0n) is 7.11. The third kappa shape index (κ3) is 12.9. The van der Waals surface area contributed by atoms with Crippen LogP contribution in [0, 0.1) is 6.92 Å². The Bertz CT molecular complexity index is 215. The summed E-state index contributed by atoms with van der Waals surface area (Å²) in [6, 6.07) is 7.44. The third-order valence-electron chi connectivity index (χ3n) is 0.889. The monoisotopic (exact) mass is 232 g/mol. The Hall–Kier alpha value is 0.871. The van der Waals surface area contributed by atoms with E-state index in [1.807, 2.05) is 24.3 Å². The first-order valence-corrected chi connectivity index (χ1v) is 3.40. The predicted octanol–water partition coefficient (Wildman–Crippen LogP) is 0.406. The Kier molecular flexibility index (Phi) is 11.8. The number of benzene rings is 1. The standard InChI is InChI=1S/C7H6Cl.BF3.K/c1-6-3-2-4-7(8)5-6;2-1(3)4;/h2-5H,1H2;;/q-1;;+1.